The van der Waals surface area contributed by atoms with Crippen LogP contribution in [0, 0.1) is 13.8 Å². The second kappa shape index (κ2) is 7.44. The summed E-state index contributed by atoms with van der Waals surface area (Å²) in [5.74, 6) is 0.566. The molecule has 0 unspecified atom stereocenters. The molecular formula is C25H21N5. The van der Waals surface area contributed by atoms with Gasteiger partial charge in [0.1, 0.15) is 0 Å². The normalized spacial score (nSPS) is 11.0. The number of hydrogen-bond donors (Lipinski definition) is 2. The van der Waals surface area contributed by atoms with E-state index in [9.17, 15) is 0 Å². The fourth-order valence-electron chi connectivity index (χ4n) is 3.83. The van der Waals surface area contributed by atoms with Crippen LogP contribution in [0.25, 0.3) is 33.4 Å². The second-order valence-corrected chi connectivity index (χ2v) is 7.37. The van der Waals surface area contributed by atoms with Gasteiger partial charge >= 0.3 is 0 Å². The first-order chi connectivity index (χ1) is 14.7. The molecule has 0 atom stereocenters. The van der Waals surface area contributed by atoms with Crippen LogP contribution in [0.2, 0.25) is 0 Å². The summed E-state index contributed by atoms with van der Waals surface area (Å²) in [7, 11) is 0. The van der Waals surface area contributed by atoms with Crippen LogP contribution in [0.5, 0.6) is 0 Å². The number of hydrogen-bond acceptors (Lipinski definition) is 4. The molecule has 5 heteroatoms. The van der Waals surface area contributed by atoms with Crippen molar-refractivity contribution in [3.05, 3.63) is 90.4 Å². The van der Waals surface area contributed by atoms with E-state index >= 15 is 0 Å². The fraction of sp³-hybridized carbons (Fsp3) is 0.0800. The molecule has 2 aromatic heterocycles. The van der Waals surface area contributed by atoms with Crippen LogP contribution in [0.4, 0.5) is 11.6 Å². The molecule has 0 aliphatic carbocycles. The predicted octanol–water partition coefficient (Wildman–Crippen LogP) is 6.05. The fourth-order valence-corrected chi connectivity index (χ4v) is 3.83. The minimum Gasteiger partial charge on any atom is -0.345 e. The summed E-state index contributed by atoms with van der Waals surface area (Å²) >= 11 is 0. The van der Waals surface area contributed by atoms with E-state index in [2.05, 4.69) is 76.6 Å². The first-order valence-corrected chi connectivity index (χ1v) is 9.87. The summed E-state index contributed by atoms with van der Waals surface area (Å²) in [6.07, 6.45) is 3.47. The number of aromatic amines is 1. The molecule has 0 spiro atoms. The Labute approximate surface area is 174 Å². The van der Waals surface area contributed by atoms with Crippen molar-refractivity contribution < 1.29 is 0 Å². The number of aryl methyl sites for hydroxylation is 2. The number of nitrogens with one attached hydrogen (secondary N) is 2. The number of fused-ring (bicyclic) bond motifs is 1. The van der Waals surface area contributed by atoms with Crippen LogP contribution in [0.3, 0.4) is 0 Å². The van der Waals surface area contributed by atoms with Gasteiger partial charge in [-0.3, -0.25) is 0 Å². The summed E-state index contributed by atoms with van der Waals surface area (Å²) in [5.41, 5.74) is 9.73. The Bertz CT molecular complexity index is 1330. The molecule has 5 rings (SSSR count). The van der Waals surface area contributed by atoms with Gasteiger partial charge in [0.25, 0.3) is 0 Å². The molecule has 5 nitrogen and oxygen atoms in total. The number of nitrogens with zero attached hydrogens (tertiary/aromatic N) is 3. The van der Waals surface area contributed by atoms with Crippen molar-refractivity contribution in [2.75, 3.05) is 5.32 Å². The molecule has 0 bridgehead atoms. The monoisotopic (exact) mass is 391 g/mol. The number of benzene rings is 3. The molecule has 2 N–H and O–H groups in total. The number of imidazole rings is 1. The van der Waals surface area contributed by atoms with Crippen molar-refractivity contribution in [2.24, 2.45) is 0 Å². The minimum absolute atomic E-state index is 0.566. The highest BCUT2D eigenvalue weighted by atomic mass is 15.1. The number of rotatable bonds is 4. The van der Waals surface area contributed by atoms with Gasteiger partial charge < -0.3 is 10.3 Å². The zero-order chi connectivity index (χ0) is 20.5. The van der Waals surface area contributed by atoms with Crippen molar-refractivity contribution in [2.45, 2.75) is 13.8 Å². The Morgan fingerprint density at radius 1 is 0.800 bits per heavy atom. The lowest BCUT2D eigenvalue weighted by Gasteiger charge is -2.12. The van der Waals surface area contributed by atoms with Crippen molar-refractivity contribution in [1.82, 2.24) is 19.9 Å². The van der Waals surface area contributed by atoms with Crippen molar-refractivity contribution in [3.8, 4) is 22.4 Å². The summed E-state index contributed by atoms with van der Waals surface area (Å²) in [6, 6.07) is 22.7. The Hall–Kier alpha value is -3.99. The van der Waals surface area contributed by atoms with E-state index < -0.39 is 0 Å². The van der Waals surface area contributed by atoms with Crippen LogP contribution < -0.4 is 5.32 Å². The second-order valence-electron chi connectivity index (χ2n) is 7.37. The maximum Gasteiger partial charge on any atom is 0.227 e. The molecule has 0 saturated carbocycles. The lowest BCUT2D eigenvalue weighted by Crippen LogP contribution is -1.98. The molecule has 30 heavy (non-hydrogen) atoms. The predicted molar refractivity (Wildman–Crippen MR) is 122 cm³/mol. The van der Waals surface area contributed by atoms with Gasteiger partial charge in [-0.1, -0.05) is 36.4 Å². The van der Waals surface area contributed by atoms with Gasteiger partial charge in [-0.25, -0.2) is 15.0 Å². The van der Waals surface area contributed by atoms with Gasteiger partial charge in [0, 0.05) is 17.4 Å². The van der Waals surface area contributed by atoms with E-state index in [-0.39, 0.29) is 0 Å². The Kier molecular flexibility index (Phi) is 4.48. The zero-order valence-corrected chi connectivity index (χ0v) is 16.8. The summed E-state index contributed by atoms with van der Waals surface area (Å²) in [4.78, 5) is 16.5. The van der Waals surface area contributed by atoms with Crippen LogP contribution in [-0.4, -0.2) is 19.9 Å². The molecule has 0 aliphatic heterocycles. The lowest BCUT2D eigenvalue weighted by atomic mass is 9.95. The molecule has 0 amide bonds. The van der Waals surface area contributed by atoms with Crippen LogP contribution in [0.1, 0.15) is 11.1 Å². The Morgan fingerprint density at radius 3 is 2.50 bits per heavy atom. The van der Waals surface area contributed by atoms with E-state index in [1.807, 2.05) is 24.3 Å². The van der Waals surface area contributed by atoms with E-state index in [1.165, 1.54) is 22.3 Å². The SMILES string of the molecule is Cc1cccc(C)c1-c1cccc(Nc2nccc(-c3ccc4nc[nH]c4c3)n2)c1. The highest BCUT2D eigenvalue weighted by molar-refractivity contribution is 5.81. The van der Waals surface area contributed by atoms with Gasteiger partial charge in [0.05, 0.1) is 23.1 Å². The maximum atomic E-state index is 4.71. The topological polar surface area (TPSA) is 66.5 Å². The third-order valence-electron chi connectivity index (χ3n) is 5.26. The molecule has 146 valence electrons. The lowest BCUT2D eigenvalue weighted by molar-refractivity contribution is 1.17. The van der Waals surface area contributed by atoms with E-state index in [4.69, 9.17) is 4.98 Å². The molecule has 0 radical (unpaired) electrons. The molecule has 0 saturated heterocycles. The average molecular weight is 391 g/mol. The average Bonchev–Trinajstić information content (AvgIpc) is 3.22. The molecular weight excluding hydrogens is 370 g/mol. The van der Waals surface area contributed by atoms with E-state index in [0.717, 1.165) is 28.0 Å². The van der Waals surface area contributed by atoms with Crippen LogP contribution in [-0.2, 0) is 0 Å². The Morgan fingerprint density at radius 2 is 1.63 bits per heavy atom. The maximum absolute atomic E-state index is 4.71. The first-order valence-electron chi connectivity index (χ1n) is 9.87. The molecule has 0 fully saturated rings. The molecule has 2 heterocycles. The first kappa shape index (κ1) is 18.1. The minimum atomic E-state index is 0.566. The van der Waals surface area contributed by atoms with E-state index in [1.54, 1.807) is 12.5 Å². The number of H-pyrrole nitrogens is 1. The molecule has 5 aromatic rings. The standard InChI is InChI=1S/C25H21N5/c1-16-5-3-6-17(2)24(16)19-7-4-8-20(13-19)29-25-26-12-11-21(30-25)18-9-10-22-23(14-18)28-15-27-22/h3-15H,1-2H3,(H,27,28)(H,26,29,30). The highest BCUT2D eigenvalue weighted by Crippen LogP contribution is 2.30. The van der Waals surface area contributed by atoms with E-state index in [0.29, 0.717) is 5.95 Å². The number of anilines is 2. The summed E-state index contributed by atoms with van der Waals surface area (Å²) in [6.45, 7) is 4.29. The summed E-state index contributed by atoms with van der Waals surface area (Å²) < 4.78 is 0. The van der Waals surface area contributed by atoms with Crippen molar-refractivity contribution in [3.63, 3.8) is 0 Å². The van der Waals surface area contributed by atoms with Crippen LogP contribution in [0.15, 0.2) is 79.3 Å². The Balaban J connectivity index is 1.46. The van der Waals surface area contributed by atoms with Gasteiger partial charge in [-0.05, 0) is 66.4 Å². The van der Waals surface area contributed by atoms with Crippen molar-refractivity contribution >= 4 is 22.7 Å². The van der Waals surface area contributed by atoms with Gasteiger partial charge in [0.2, 0.25) is 5.95 Å². The van der Waals surface area contributed by atoms with Gasteiger partial charge in [-0.2, -0.15) is 0 Å². The number of aromatic nitrogens is 4. The quantitative estimate of drug-likeness (QED) is 0.391. The largest absolute Gasteiger partial charge is 0.345 e. The van der Waals surface area contributed by atoms with Crippen LogP contribution >= 0.6 is 0 Å². The third kappa shape index (κ3) is 3.42. The smallest absolute Gasteiger partial charge is 0.227 e. The molecule has 0 aliphatic rings. The molecule has 3 aromatic carbocycles. The van der Waals surface area contributed by atoms with Gasteiger partial charge in [-0.15, -0.1) is 0 Å². The third-order valence-corrected chi connectivity index (χ3v) is 5.26. The highest BCUT2D eigenvalue weighted by Gasteiger charge is 2.08. The summed E-state index contributed by atoms with van der Waals surface area (Å²) in [5, 5.41) is 3.35. The zero-order valence-electron chi connectivity index (χ0n) is 16.8. The van der Waals surface area contributed by atoms with Crippen molar-refractivity contribution in [1.29, 1.82) is 0 Å². The van der Waals surface area contributed by atoms with Gasteiger partial charge in [0.15, 0.2) is 0 Å².